The summed E-state index contributed by atoms with van der Waals surface area (Å²) in [6.07, 6.45) is 0.934. The normalized spacial score (nSPS) is 10.7. The highest BCUT2D eigenvalue weighted by atomic mass is 127. The molecule has 0 amide bonds. The van der Waals surface area contributed by atoms with E-state index in [1.54, 1.807) is 23.5 Å². The molecule has 26 heavy (non-hydrogen) atoms. The molecule has 0 unspecified atom stereocenters. The molecule has 2 N–H and O–H groups in total. The van der Waals surface area contributed by atoms with Crippen LogP contribution < -0.4 is 10.6 Å². The number of halogens is 1. The van der Waals surface area contributed by atoms with Gasteiger partial charge in [-0.25, -0.2) is 4.99 Å². The molecule has 0 bridgehead atoms. The first-order chi connectivity index (χ1) is 12.0. The van der Waals surface area contributed by atoms with Crippen LogP contribution in [-0.2, 0) is 13.0 Å². The van der Waals surface area contributed by atoms with Crippen molar-refractivity contribution in [2.45, 2.75) is 19.9 Å². The molecular formula is C18H23IN4O2S. The molecular weight excluding hydrogens is 463 g/mol. The van der Waals surface area contributed by atoms with Crippen LogP contribution in [0.4, 0.5) is 5.69 Å². The summed E-state index contributed by atoms with van der Waals surface area (Å²) in [6.45, 7) is 7.71. The quantitative estimate of drug-likeness (QED) is 0.147. The van der Waals surface area contributed by atoms with Crippen LogP contribution in [0.15, 0.2) is 58.9 Å². The molecule has 0 saturated carbocycles. The minimum absolute atomic E-state index is 0. The molecule has 0 radical (unpaired) electrons. The Bertz CT molecular complexity index is 730. The van der Waals surface area contributed by atoms with Crippen LogP contribution in [0.2, 0.25) is 0 Å². The van der Waals surface area contributed by atoms with Crippen LogP contribution in [0.1, 0.15) is 17.4 Å². The Labute approximate surface area is 174 Å². The van der Waals surface area contributed by atoms with Gasteiger partial charge in [0.05, 0.1) is 11.5 Å². The highest BCUT2D eigenvalue weighted by Crippen LogP contribution is 2.12. The smallest absolute Gasteiger partial charge is 0.269 e. The lowest BCUT2D eigenvalue weighted by Gasteiger charge is -2.12. The lowest BCUT2D eigenvalue weighted by Crippen LogP contribution is -2.39. The summed E-state index contributed by atoms with van der Waals surface area (Å²) in [5.74, 6) is 0.706. The Balaban J connectivity index is 0.00000338. The average Bonchev–Trinajstić information content (AvgIpc) is 3.10. The molecule has 2 rings (SSSR count). The number of thiophene rings is 1. The molecule has 0 aliphatic heterocycles. The van der Waals surface area contributed by atoms with Gasteiger partial charge in [0.1, 0.15) is 0 Å². The molecule has 140 valence electrons. The van der Waals surface area contributed by atoms with Crippen LogP contribution in [0.25, 0.3) is 0 Å². The Hall–Kier alpha value is -1.94. The fraction of sp³-hybridized carbons (Fsp3) is 0.278. The number of guanidine groups is 1. The summed E-state index contributed by atoms with van der Waals surface area (Å²) in [4.78, 5) is 16.2. The van der Waals surface area contributed by atoms with E-state index in [-0.39, 0.29) is 29.7 Å². The zero-order valence-corrected chi connectivity index (χ0v) is 17.8. The third-order valence-electron chi connectivity index (χ3n) is 3.37. The number of rotatable bonds is 8. The highest BCUT2D eigenvalue weighted by molar-refractivity contribution is 14.0. The van der Waals surface area contributed by atoms with Crippen LogP contribution in [0.5, 0.6) is 0 Å². The van der Waals surface area contributed by atoms with Crippen LogP contribution >= 0.6 is 35.3 Å². The van der Waals surface area contributed by atoms with Crippen molar-refractivity contribution in [3.05, 3.63) is 74.5 Å². The summed E-state index contributed by atoms with van der Waals surface area (Å²) in [5.41, 5.74) is 2.02. The molecule has 1 aromatic carbocycles. The maximum atomic E-state index is 10.7. The van der Waals surface area contributed by atoms with Gasteiger partial charge in [-0.2, -0.15) is 0 Å². The van der Waals surface area contributed by atoms with E-state index in [9.17, 15) is 10.1 Å². The third-order valence-corrected chi connectivity index (χ3v) is 4.30. The summed E-state index contributed by atoms with van der Waals surface area (Å²) < 4.78 is 0. The van der Waals surface area contributed by atoms with E-state index in [1.807, 2.05) is 13.0 Å². The van der Waals surface area contributed by atoms with Gasteiger partial charge >= 0.3 is 0 Å². The van der Waals surface area contributed by atoms with E-state index in [2.05, 4.69) is 33.7 Å². The van der Waals surface area contributed by atoms with Gasteiger partial charge < -0.3 is 10.6 Å². The molecule has 0 fully saturated rings. The van der Waals surface area contributed by atoms with E-state index in [4.69, 9.17) is 0 Å². The summed E-state index contributed by atoms with van der Waals surface area (Å²) in [7, 11) is 0. The van der Waals surface area contributed by atoms with Crippen molar-refractivity contribution in [1.82, 2.24) is 10.6 Å². The first-order valence-electron chi connectivity index (χ1n) is 7.97. The molecule has 6 nitrogen and oxygen atoms in total. The number of nitro benzene ring substituents is 1. The van der Waals surface area contributed by atoms with Gasteiger partial charge in [-0.15, -0.1) is 35.3 Å². The predicted molar refractivity (Wildman–Crippen MR) is 118 cm³/mol. The number of nitro groups is 1. The van der Waals surface area contributed by atoms with Crippen LogP contribution in [0, 0.1) is 10.1 Å². The largest absolute Gasteiger partial charge is 0.356 e. The molecule has 0 spiro atoms. The number of aliphatic imine (C=N–C) groups is 1. The molecule has 2 aromatic rings. The van der Waals surface area contributed by atoms with Crippen molar-refractivity contribution in [3.8, 4) is 0 Å². The summed E-state index contributed by atoms with van der Waals surface area (Å²) >= 11 is 1.74. The van der Waals surface area contributed by atoms with Crippen LogP contribution in [-0.4, -0.2) is 24.0 Å². The zero-order chi connectivity index (χ0) is 18.1. The van der Waals surface area contributed by atoms with E-state index < -0.39 is 4.92 Å². The number of non-ortho nitro benzene ring substituents is 1. The Morgan fingerprint density at radius 3 is 2.58 bits per heavy atom. The third kappa shape index (κ3) is 7.96. The molecule has 0 aliphatic carbocycles. The molecule has 0 saturated heterocycles. The van der Waals surface area contributed by atoms with Crippen molar-refractivity contribution in [2.75, 3.05) is 13.1 Å². The Morgan fingerprint density at radius 2 is 2.00 bits per heavy atom. The second-order valence-electron chi connectivity index (χ2n) is 5.66. The number of hydrogen-bond donors (Lipinski definition) is 2. The predicted octanol–water partition coefficient (Wildman–Crippen LogP) is 4.13. The lowest BCUT2D eigenvalue weighted by atomic mass is 10.2. The van der Waals surface area contributed by atoms with E-state index in [0.29, 0.717) is 19.0 Å². The zero-order valence-electron chi connectivity index (χ0n) is 14.6. The molecule has 0 atom stereocenters. The van der Waals surface area contributed by atoms with Gasteiger partial charge in [-0.1, -0.05) is 30.4 Å². The summed E-state index contributed by atoms with van der Waals surface area (Å²) in [6, 6.07) is 10.6. The lowest BCUT2D eigenvalue weighted by molar-refractivity contribution is -0.384. The van der Waals surface area contributed by atoms with Gasteiger partial charge in [-0.3, -0.25) is 10.1 Å². The van der Waals surface area contributed by atoms with Crippen molar-refractivity contribution in [2.24, 2.45) is 4.99 Å². The number of hydrogen-bond acceptors (Lipinski definition) is 4. The second-order valence-corrected chi connectivity index (χ2v) is 6.69. The van der Waals surface area contributed by atoms with E-state index in [1.165, 1.54) is 17.0 Å². The average molecular weight is 486 g/mol. The fourth-order valence-corrected chi connectivity index (χ4v) is 2.77. The fourth-order valence-electron chi connectivity index (χ4n) is 2.06. The van der Waals surface area contributed by atoms with Crippen LogP contribution in [0.3, 0.4) is 0 Å². The first kappa shape index (κ1) is 22.1. The standard InChI is InChI=1S/C18H22N4O2S.HI/c1-14(2)12-20-18(19-10-9-17-4-3-11-25-17)21-13-15-5-7-16(8-6-15)22(23)24;/h3-8,11H,1,9-10,12-13H2,2H3,(H2,19,20,21);1H. The highest BCUT2D eigenvalue weighted by Gasteiger charge is 2.04. The molecule has 8 heteroatoms. The monoisotopic (exact) mass is 486 g/mol. The van der Waals surface area contributed by atoms with Gasteiger partial charge in [0.25, 0.3) is 5.69 Å². The van der Waals surface area contributed by atoms with Gasteiger partial charge in [-0.05, 0) is 30.4 Å². The Morgan fingerprint density at radius 1 is 1.27 bits per heavy atom. The molecule has 1 aromatic heterocycles. The van der Waals surface area contributed by atoms with Gasteiger partial charge in [0.15, 0.2) is 5.96 Å². The Kier molecular flexibility index (Phi) is 9.89. The number of nitrogens with one attached hydrogen (secondary N) is 2. The minimum Gasteiger partial charge on any atom is -0.356 e. The maximum absolute atomic E-state index is 10.7. The number of nitrogens with zero attached hydrogens (tertiary/aromatic N) is 2. The van der Waals surface area contributed by atoms with Gasteiger partial charge in [0, 0.05) is 30.1 Å². The minimum atomic E-state index is -0.404. The number of benzene rings is 1. The maximum Gasteiger partial charge on any atom is 0.269 e. The van der Waals surface area contributed by atoms with E-state index in [0.717, 1.165) is 24.1 Å². The van der Waals surface area contributed by atoms with Crippen molar-refractivity contribution < 1.29 is 4.92 Å². The van der Waals surface area contributed by atoms with Gasteiger partial charge in [0.2, 0.25) is 0 Å². The summed E-state index contributed by atoms with van der Waals surface area (Å²) in [5, 5.41) is 19.3. The first-order valence-corrected chi connectivity index (χ1v) is 8.85. The SMILES string of the molecule is C=C(C)CNC(=NCc1ccc([N+](=O)[O-])cc1)NCCc1cccs1.I. The van der Waals surface area contributed by atoms with Crippen molar-refractivity contribution in [3.63, 3.8) is 0 Å². The van der Waals surface area contributed by atoms with Crippen molar-refractivity contribution >= 4 is 47.0 Å². The topological polar surface area (TPSA) is 79.6 Å². The second kappa shape index (κ2) is 11.6. The molecule has 1 heterocycles. The van der Waals surface area contributed by atoms with E-state index >= 15 is 0 Å². The molecule has 0 aliphatic rings. The van der Waals surface area contributed by atoms with Crippen molar-refractivity contribution in [1.29, 1.82) is 0 Å².